The summed E-state index contributed by atoms with van der Waals surface area (Å²) in [6.45, 7) is 5.61. The van der Waals surface area contributed by atoms with Crippen LogP contribution in [-0.4, -0.2) is 59.1 Å². The molecule has 0 aliphatic carbocycles. The van der Waals surface area contributed by atoms with Crippen LogP contribution in [0.3, 0.4) is 0 Å². The van der Waals surface area contributed by atoms with Gasteiger partial charge in [-0.15, -0.1) is 0 Å². The van der Waals surface area contributed by atoms with Crippen LogP contribution in [0.5, 0.6) is 5.75 Å². The Kier molecular flexibility index (Phi) is 8.52. The predicted octanol–water partition coefficient (Wildman–Crippen LogP) is 5.01. The minimum absolute atomic E-state index is 0.182. The van der Waals surface area contributed by atoms with Crippen LogP contribution in [-0.2, 0) is 16.1 Å². The first-order valence-corrected chi connectivity index (χ1v) is 14.0. The van der Waals surface area contributed by atoms with Crippen molar-refractivity contribution < 1.29 is 19.1 Å². The largest absolute Gasteiger partial charge is 0.497 e. The third kappa shape index (κ3) is 5.90. The van der Waals surface area contributed by atoms with Crippen LogP contribution >= 0.6 is 11.6 Å². The Morgan fingerprint density at radius 3 is 2.77 bits per heavy atom. The van der Waals surface area contributed by atoms with Crippen LogP contribution in [0.2, 0.25) is 5.02 Å². The third-order valence-corrected chi connectivity index (χ3v) is 7.81. The molecule has 1 aromatic heterocycles. The molecule has 40 heavy (non-hydrogen) atoms. The maximum absolute atomic E-state index is 13.6. The number of aromatic nitrogens is 2. The fourth-order valence-corrected chi connectivity index (χ4v) is 5.44. The molecular weight excluding hydrogens is 530 g/mol. The van der Waals surface area contributed by atoms with E-state index in [2.05, 4.69) is 20.6 Å². The molecule has 1 unspecified atom stereocenters. The zero-order chi connectivity index (χ0) is 28.2. The lowest BCUT2D eigenvalue weighted by atomic mass is 10.0. The first-order chi connectivity index (χ1) is 19.4. The minimum Gasteiger partial charge on any atom is -0.497 e. The summed E-state index contributed by atoms with van der Waals surface area (Å²) in [7, 11) is 1.61. The summed E-state index contributed by atoms with van der Waals surface area (Å²) in [4.78, 5) is 37.6. The van der Waals surface area contributed by atoms with Crippen LogP contribution in [0.1, 0.15) is 60.6 Å². The number of nitrogens with zero attached hydrogens (tertiary/aromatic N) is 3. The summed E-state index contributed by atoms with van der Waals surface area (Å²) in [5.74, 6) is 0.843. The highest BCUT2D eigenvalue weighted by Gasteiger charge is 2.36. The van der Waals surface area contributed by atoms with E-state index in [9.17, 15) is 9.59 Å². The van der Waals surface area contributed by atoms with Crippen molar-refractivity contribution >= 4 is 29.4 Å². The molecule has 2 N–H and O–H groups in total. The molecule has 2 atom stereocenters. The third-order valence-electron chi connectivity index (χ3n) is 7.53. The number of carbonyl (C=O) groups is 2. The predicted molar refractivity (Wildman–Crippen MR) is 153 cm³/mol. The number of anilines is 1. The molecule has 1 saturated heterocycles. The van der Waals surface area contributed by atoms with Crippen molar-refractivity contribution in [3.05, 3.63) is 70.4 Å². The Balaban J connectivity index is 1.32. The Hall–Kier alpha value is -3.69. The van der Waals surface area contributed by atoms with E-state index < -0.39 is 6.04 Å². The normalized spacial score (nSPS) is 16.8. The van der Waals surface area contributed by atoms with Gasteiger partial charge in [-0.25, -0.2) is 9.97 Å². The van der Waals surface area contributed by atoms with Crippen LogP contribution in [0, 0.1) is 0 Å². The maximum Gasteiger partial charge on any atom is 0.255 e. The van der Waals surface area contributed by atoms with Crippen molar-refractivity contribution in [2.45, 2.75) is 57.8 Å². The number of methoxy groups -OCH3 is 1. The van der Waals surface area contributed by atoms with Gasteiger partial charge in [-0.1, -0.05) is 42.8 Å². The van der Waals surface area contributed by atoms with Gasteiger partial charge in [0.05, 0.1) is 30.1 Å². The quantitative estimate of drug-likeness (QED) is 0.377. The number of halogens is 1. The van der Waals surface area contributed by atoms with Crippen LogP contribution in [0.4, 0.5) is 5.95 Å². The Morgan fingerprint density at radius 2 is 2.02 bits per heavy atom. The van der Waals surface area contributed by atoms with Gasteiger partial charge >= 0.3 is 0 Å². The number of benzene rings is 2. The highest BCUT2D eigenvalue weighted by atomic mass is 35.5. The van der Waals surface area contributed by atoms with Gasteiger partial charge in [-0.2, -0.15) is 0 Å². The van der Waals surface area contributed by atoms with Crippen LogP contribution in [0.15, 0.2) is 48.7 Å². The van der Waals surface area contributed by atoms with E-state index in [4.69, 9.17) is 21.1 Å². The van der Waals surface area contributed by atoms with Gasteiger partial charge in [-0.3, -0.25) is 9.59 Å². The van der Waals surface area contributed by atoms with Gasteiger partial charge in [0.25, 0.3) is 5.91 Å². The number of carbonyl (C=O) groups excluding carboxylic acids is 2. The summed E-state index contributed by atoms with van der Waals surface area (Å²) in [6.07, 6.45) is 3.83. The number of nitrogens with one attached hydrogen (secondary N) is 2. The lowest BCUT2D eigenvalue weighted by Gasteiger charge is -2.27. The van der Waals surface area contributed by atoms with Crippen LogP contribution < -0.4 is 15.4 Å². The molecule has 2 amide bonds. The Bertz CT molecular complexity index is 1390. The molecule has 3 heterocycles. The fourth-order valence-electron chi connectivity index (χ4n) is 5.24. The molecule has 0 saturated carbocycles. The molecule has 0 radical (unpaired) electrons. The first kappa shape index (κ1) is 27.9. The van der Waals surface area contributed by atoms with E-state index in [-0.39, 0.29) is 23.9 Å². The lowest BCUT2D eigenvalue weighted by Crippen LogP contribution is -2.47. The zero-order valence-corrected chi connectivity index (χ0v) is 23.7. The van der Waals surface area contributed by atoms with Gasteiger partial charge in [0.2, 0.25) is 11.9 Å². The van der Waals surface area contributed by atoms with Crippen molar-refractivity contribution in [3.8, 4) is 17.0 Å². The summed E-state index contributed by atoms with van der Waals surface area (Å²) in [6, 6.07) is 12.6. The van der Waals surface area contributed by atoms with Crippen molar-refractivity contribution in [1.29, 1.82) is 0 Å². The number of ether oxygens (including phenoxy) is 2. The molecule has 2 aliphatic heterocycles. The molecule has 0 spiro atoms. The molecule has 10 heteroatoms. The van der Waals surface area contributed by atoms with Crippen molar-refractivity contribution in [3.63, 3.8) is 0 Å². The molecule has 3 aromatic rings. The molecule has 2 aromatic carbocycles. The second kappa shape index (κ2) is 12.2. The fraction of sp³-hybridized carbons (Fsp3) is 0.400. The standard InChI is InChI=1S/C30H34ClN5O4/c1-4-26(28(37)33-18(2)19-6-5-7-23(14-19)39-3)36-17-21-9-8-20(15-24(21)29(36)38)27-25(31)16-32-30(35-27)34-22-10-12-40-13-11-22/h5-9,14-16,18,22,26H,4,10-13,17H2,1-3H3,(H,33,37)(H,32,34,35)/t18-,26?/m1/s1. The number of fused-ring (bicyclic) bond motifs is 1. The molecule has 210 valence electrons. The van der Waals surface area contributed by atoms with Gasteiger partial charge in [-0.05, 0) is 55.5 Å². The topological polar surface area (TPSA) is 106 Å². The second-order valence-corrected chi connectivity index (χ2v) is 10.6. The summed E-state index contributed by atoms with van der Waals surface area (Å²) in [5, 5.41) is 6.84. The molecule has 2 aliphatic rings. The van der Waals surface area contributed by atoms with Gasteiger partial charge < -0.3 is 25.0 Å². The summed E-state index contributed by atoms with van der Waals surface area (Å²) < 4.78 is 10.7. The van der Waals surface area contributed by atoms with E-state index in [0.717, 1.165) is 35.3 Å². The Labute approximate surface area is 239 Å². The summed E-state index contributed by atoms with van der Waals surface area (Å²) >= 11 is 6.49. The minimum atomic E-state index is -0.602. The second-order valence-electron chi connectivity index (χ2n) is 10.2. The lowest BCUT2D eigenvalue weighted by molar-refractivity contribution is -0.126. The molecule has 9 nitrogen and oxygen atoms in total. The van der Waals surface area contributed by atoms with Crippen molar-refractivity contribution in [2.75, 3.05) is 25.6 Å². The van der Waals surface area contributed by atoms with E-state index in [1.807, 2.05) is 56.3 Å². The number of hydrogen-bond donors (Lipinski definition) is 2. The average Bonchev–Trinajstić information content (AvgIpc) is 3.30. The van der Waals surface area contributed by atoms with Gasteiger partial charge in [0, 0.05) is 36.9 Å². The molecule has 1 fully saturated rings. The van der Waals surface area contributed by atoms with E-state index in [1.165, 1.54) is 0 Å². The van der Waals surface area contributed by atoms with Gasteiger partial charge in [0.15, 0.2) is 0 Å². The molecule has 0 bridgehead atoms. The van der Waals surface area contributed by atoms with Crippen molar-refractivity contribution in [2.24, 2.45) is 0 Å². The monoisotopic (exact) mass is 563 g/mol. The smallest absolute Gasteiger partial charge is 0.255 e. The number of rotatable bonds is 9. The highest BCUT2D eigenvalue weighted by molar-refractivity contribution is 6.33. The number of hydrogen-bond acceptors (Lipinski definition) is 7. The molecular formula is C30H34ClN5O4. The molecule has 5 rings (SSSR count). The Morgan fingerprint density at radius 1 is 1.23 bits per heavy atom. The van der Waals surface area contributed by atoms with Gasteiger partial charge in [0.1, 0.15) is 11.8 Å². The highest BCUT2D eigenvalue weighted by Crippen LogP contribution is 2.33. The van der Waals surface area contributed by atoms with E-state index in [1.54, 1.807) is 18.2 Å². The van der Waals surface area contributed by atoms with Crippen LogP contribution in [0.25, 0.3) is 11.3 Å². The maximum atomic E-state index is 13.6. The number of amides is 2. The van der Waals surface area contributed by atoms with Crippen molar-refractivity contribution in [1.82, 2.24) is 20.2 Å². The zero-order valence-electron chi connectivity index (χ0n) is 22.9. The first-order valence-electron chi connectivity index (χ1n) is 13.6. The summed E-state index contributed by atoms with van der Waals surface area (Å²) in [5.41, 5.74) is 3.62. The van der Waals surface area contributed by atoms with E-state index >= 15 is 0 Å². The average molecular weight is 564 g/mol. The van der Waals surface area contributed by atoms with E-state index in [0.29, 0.717) is 48.4 Å². The SMILES string of the molecule is CCC(C(=O)N[C@H](C)c1cccc(OC)c1)N1Cc2ccc(-c3nc(NC4CCOCC4)ncc3Cl)cc2C1=O.